The van der Waals surface area contributed by atoms with E-state index in [2.05, 4.69) is 11.9 Å². The summed E-state index contributed by atoms with van der Waals surface area (Å²) < 4.78 is 10.3. The van der Waals surface area contributed by atoms with E-state index in [4.69, 9.17) is 9.15 Å². The molecule has 9 nitrogen and oxygen atoms in total. The number of nitrogens with one attached hydrogen (secondary N) is 1. The number of hydrogen-bond donors (Lipinski definition) is 1. The highest BCUT2D eigenvalue weighted by molar-refractivity contribution is 5.97. The van der Waals surface area contributed by atoms with Crippen LogP contribution in [0, 0.1) is 10.1 Å². The number of amides is 1. The van der Waals surface area contributed by atoms with E-state index in [0.717, 1.165) is 0 Å². The van der Waals surface area contributed by atoms with E-state index in [1.54, 1.807) is 0 Å². The largest absolute Gasteiger partial charge is 0.423 e. The lowest BCUT2D eigenvalue weighted by molar-refractivity contribution is -0.385. The van der Waals surface area contributed by atoms with E-state index >= 15 is 0 Å². The van der Waals surface area contributed by atoms with Crippen molar-refractivity contribution in [2.75, 3.05) is 6.54 Å². The number of ether oxygens (including phenoxy) is 1. The molecule has 0 aliphatic carbocycles. The summed E-state index contributed by atoms with van der Waals surface area (Å²) in [5, 5.41) is 14.0. The average molecular weight is 394 g/mol. The maximum absolute atomic E-state index is 12.3. The van der Waals surface area contributed by atoms with Crippen molar-refractivity contribution in [2.45, 2.75) is 0 Å². The summed E-state index contributed by atoms with van der Waals surface area (Å²) in [4.78, 5) is 46.7. The van der Waals surface area contributed by atoms with Crippen LogP contribution in [-0.4, -0.2) is 23.3 Å². The molecule has 3 aromatic rings. The van der Waals surface area contributed by atoms with Crippen LogP contribution in [0.4, 0.5) is 5.69 Å². The average Bonchev–Trinajstić information content (AvgIpc) is 2.71. The van der Waals surface area contributed by atoms with Gasteiger partial charge >= 0.3 is 11.6 Å². The first-order chi connectivity index (χ1) is 13.9. The summed E-state index contributed by atoms with van der Waals surface area (Å²) in [6.07, 6.45) is 1.47. The molecule has 29 heavy (non-hydrogen) atoms. The molecule has 0 saturated heterocycles. The maximum atomic E-state index is 12.3. The van der Waals surface area contributed by atoms with Crippen LogP contribution in [-0.2, 0) is 0 Å². The minimum absolute atomic E-state index is 0.0210. The Bertz CT molecular complexity index is 1200. The van der Waals surface area contributed by atoms with Crippen LogP contribution in [0.25, 0.3) is 11.0 Å². The number of nitro benzene ring substituents is 1. The van der Waals surface area contributed by atoms with Crippen LogP contribution < -0.4 is 15.7 Å². The number of esters is 1. The zero-order valence-corrected chi connectivity index (χ0v) is 14.9. The van der Waals surface area contributed by atoms with E-state index in [1.165, 1.54) is 54.6 Å². The molecule has 0 aliphatic heterocycles. The van der Waals surface area contributed by atoms with Gasteiger partial charge in [-0.1, -0.05) is 18.2 Å². The third-order valence-electron chi connectivity index (χ3n) is 3.89. The van der Waals surface area contributed by atoms with Crippen molar-refractivity contribution in [3.63, 3.8) is 0 Å². The van der Waals surface area contributed by atoms with Crippen LogP contribution >= 0.6 is 0 Å². The lowest BCUT2D eigenvalue weighted by atomic mass is 10.1. The molecule has 0 fully saturated rings. The molecule has 0 bridgehead atoms. The molecule has 0 saturated carbocycles. The first-order valence-electron chi connectivity index (χ1n) is 8.33. The van der Waals surface area contributed by atoms with Gasteiger partial charge in [0.2, 0.25) is 0 Å². The van der Waals surface area contributed by atoms with Gasteiger partial charge in [0.05, 0.1) is 4.92 Å². The van der Waals surface area contributed by atoms with E-state index in [1.807, 2.05) is 0 Å². The Labute approximate surface area is 163 Å². The molecule has 0 spiro atoms. The lowest BCUT2D eigenvalue weighted by Gasteiger charge is -2.07. The number of benzene rings is 2. The second-order valence-corrected chi connectivity index (χ2v) is 5.81. The predicted molar refractivity (Wildman–Crippen MR) is 103 cm³/mol. The third-order valence-corrected chi connectivity index (χ3v) is 3.89. The summed E-state index contributed by atoms with van der Waals surface area (Å²) in [7, 11) is 0. The highest BCUT2D eigenvalue weighted by atomic mass is 16.6. The molecule has 0 aliphatic rings. The first kappa shape index (κ1) is 19.5. The van der Waals surface area contributed by atoms with Gasteiger partial charge in [0.15, 0.2) is 0 Å². The molecule has 1 N–H and O–H groups in total. The van der Waals surface area contributed by atoms with Crippen LogP contribution in [0.1, 0.15) is 20.7 Å². The van der Waals surface area contributed by atoms with Gasteiger partial charge in [0.25, 0.3) is 11.6 Å². The molecule has 2 aromatic carbocycles. The molecule has 1 heterocycles. The number of nitro groups is 1. The van der Waals surface area contributed by atoms with E-state index in [0.29, 0.717) is 5.39 Å². The quantitative estimate of drug-likeness (QED) is 0.170. The number of carbonyl (C=O) groups excluding carboxylic acids is 2. The van der Waals surface area contributed by atoms with Crippen molar-refractivity contribution in [2.24, 2.45) is 0 Å². The summed E-state index contributed by atoms with van der Waals surface area (Å²) in [5.41, 5.74) is -1.55. The standard InChI is InChI=1S/C20H14N2O7/c1-2-9-21-18(23)15-10-12-7-8-13(11-17(12)29-20(15)25)28-19(24)14-5-3-4-6-16(14)22(26)27/h2-8,10-11H,1,9H2,(H,21,23). The molecule has 3 rings (SSSR count). The highest BCUT2D eigenvalue weighted by Crippen LogP contribution is 2.24. The van der Waals surface area contributed by atoms with Gasteiger partial charge in [0.1, 0.15) is 22.5 Å². The number of carbonyl (C=O) groups is 2. The fourth-order valence-electron chi connectivity index (χ4n) is 2.54. The van der Waals surface area contributed by atoms with Crippen molar-refractivity contribution in [1.82, 2.24) is 5.32 Å². The minimum atomic E-state index is -0.931. The van der Waals surface area contributed by atoms with Crippen molar-refractivity contribution >= 4 is 28.5 Å². The van der Waals surface area contributed by atoms with E-state index in [-0.39, 0.29) is 34.7 Å². The van der Waals surface area contributed by atoms with E-state index in [9.17, 15) is 24.5 Å². The Hall–Kier alpha value is -4.27. The predicted octanol–water partition coefficient (Wildman–Crippen LogP) is 2.84. The second-order valence-electron chi connectivity index (χ2n) is 5.81. The maximum Gasteiger partial charge on any atom is 0.350 e. The van der Waals surface area contributed by atoms with Crippen LogP contribution in [0.2, 0.25) is 0 Å². The van der Waals surface area contributed by atoms with Crippen LogP contribution in [0.15, 0.2) is 70.4 Å². The first-order valence-corrected chi connectivity index (χ1v) is 8.33. The monoisotopic (exact) mass is 394 g/mol. The summed E-state index contributed by atoms with van der Waals surface area (Å²) in [5.74, 6) is -1.51. The van der Waals surface area contributed by atoms with Crippen molar-refractivity contribution < 1.29 is 23.7 Å². The summed E-state index contributed by atoms with van der Waals surface area (Å²) >= 11 is 0. The summed E-state index contributed by atoms with van der Waals surface area (Å²) in [6, 6.07) is 10.9. The Morgan fingerprint density at radius 3 is 2.66 bits per heavy atom. The van der Waals surface area contributed by atoms with Gasteiger partial charge < -0.3 is 14.5 Å². The SMILES string of the molecule is C=CCNC(=O)c1cc2ccc(OC(=O)c3ccccc3[N+](=O)[O-])cc2oc1=O. The number of rotatable bonds is 6. The molecular formula is C20H14N2O7. The number of para-hydroxylation sites is 1. The molecule has 9 heteroatoms. The fraction of sp³-hybridized carbons (Fsp3) is 0.0500. The van der Waals surface area contributed by atoms with Gasteiger partial charge in [-0.3, -0.25) is 14.9 Å². The number of hydrogen-bond acceptors (Lipinski definition) is 7. The van der Waals surface area contributed by atoms with Gasteiger partial charge in [-0.15, -0.1) is 6.58 Å². The van der Waals surface area contributed by atoms with Gasteiger partial charge in [-0.25, -0.2) is 9.59 Å². The Morgan fingerprint density at radius 2 is 1.93 bits per heavy atom. The topological polar surface area (TPSA) is 129 Å². The van der Waals surface area contributed by atoms with Crippen molar-refractivity contribution in [3.8, 4) is 5.75 Å². The Kier molecular flexibility index (Phi) is 5.49. The van der Waals surface area contributed by atoms with Gasteiger partial charge in [-0.2, -0.15) is 0 Å². The van der Waals surface area contributed by atoms with Crippen LogP contribution in [0.3, 0.4) is 0 Å². The molecular weight excluding hydrogens is 380 g/mol. The molecule has 0 unspecified atom stereocenters. The molecule has 0 radical (unpaired) electrons. The van der Waals surface area contributed by atoms with E-state index < -0.39 is 22.4 Å². The number of nitrogens with zero attached hydrogens (tertiary/aromatic N) is 1. The van der Waals surface area contributed by atoms with Crippen molar-refractivity contribution in [3.05, 3.63) is 92.8 Å². The second kappa shape index (κ2) is 8.17. The molecule has 146 valence electrons. The number of fused-ring (bicyclic) bond motifs is 1. The fourth-order valence-corrected chi connectivity index (χ4v) is 2.54. The van der Waals surface area contributed by atoms with Crippen LogP contribution in [0.5, 0.6) is 5.75 Å². The Balaban J connectivity index is 1.90. The van der Waals surface area contributed by atoms with Gasteiger partial charge in [0, 0.05) is 24.1 Å². The van der Waals surface area contributed by atoms with Crippen molar-refractivity contribution in [1.29, 1.82) is 0 Å². The Morgan fingerprint density at radius 1 is 1.17 bits per heavy atom. The summed E-state index contributed by atoms with van der Waals surface area (Å²) in [6.45, 7) is 3.67. The van der Waals surface area contributed by atoms with Gasteiger partial charge in [-0.05, 0) is 24.3 Å². The highest BCUT2D eigenvalue weighted by Gasteiger charge is 2.21. The zero-order chi connectivity index (χ0) is 21.0. The lowest BCUT2D eigenvalue weighted by Crippen LogP contribution is -2.28. The molecule has 0 atom stereocenters. The normalized spacial score (nSPS) is 10.3. The third kappa shape index (κ3) is 4.19. The molecule has 1 aromatic heterocycles. The smallest absolute Gasteiger partial charge is 0.350 e. The minimum Gasteiger partial charge on any atom is -0.423 e. The molecule has 1 amide bonds. The zero-order valence-electron chi connectivity index (χ0n) is 14.9.